The third-order valence-corrected chi connectivity index (χ3v) is 7.33. The first-order valence-corrected chi connectivity index (χ1v) is 11.7. The molecule has 5 heterocycles. The van der Waals surface area contributed by atoms with E-state index in [0.29, 0.717) is 18.7 Å². The van der Waals surface area contributed by atoms with E-state index in [0.717, 1.165) is 30.9 Å². The minimum Gasteiger partial charge on any atom is -0.396 e. The number of carbonyl (C=O) groups excluding carboxylic acids is 1. The van der Waals surface area contributed by atoms with Crippen LogP contribution in [-0.2, 0) is 11.3 Å². The topological polar surface area (TPSA) is 99.5 Å². The van der Waals surface area contributed by atoms with Gasteiger partial charge in [-0.15, -0.1) is 0 Å². The molecule has 8 heteroatoms. The lowest BCUT2D eigenvalue weighted by molar-refractivity contribution is -0.124. The summed E-state index contributed by atoms with van der Waals surface area (Å²) in [6.45, 7) is 4.11. The number of fused-ring (bicyclic) bond motifs is 3. The SMILES string of the molecule is O=C(NCCN1CCCCC1)[C@H]1N[C@H]2c3ccc(-c4cccnc4)c(=O)n3C[C@H]2[C@@H]1CO. The van der Waals surface area contributed by atoms with Crippen molar-refractivity contribution in [2.75, 3.05) is 32.8 Å². The van der Waals surface area contributed by atoms with E-state index in [1.54, 1.807) is 17.0 Å². The highest BCUT2D eigenvalue weighted by molar-refractivity contribution is 5.82. The molecule has 0 aromatic carbocycles. The molecule has 0 spiro atoms. The molecule has 32 heavy (non-hydrogen) atoms. The van der Waals surface area contributed by atoms with Gasteiger partial charge in [0, 0.05) is 67.3 Å². The Bertz CT molecular complexity index is 1020. The van der Waals surface area contributed by atoms with Gasteiger partial charge >= 0.3 is 0 Å². The lowest BCUT2D eigenvalue weighted by Gasteiger charge is -2.27. The minimum atomic E-state index is -0.446. The summed E-state index contributed by atoms with van der Waals surface area (Å²) in [4.78, 5) is 32.6. The van der Waals surface area contributed by atoms with Crippen LogP contribution in [0.15, 0.2) is 41.5 Å². The molecule has 3 aliphatic rings. The number of pyridine rings is 2. The summed E-state index contributed by atoms with van der Waals surface area (Å²) in [7, 11) is 0. The molecule has 2 aromatic rings. The van der Waals surface area contributed by atoms with E-state index in [2.05, 4.69) is 20.5 Å². The van der Waals surface area contributed by atoms with Gasteiger partial charge in [0.05, 0.1) is 12.1 Å². The molecule has 4 atom stereocenters. The van der Waals surface area contributed by atoms with Gasteiger partial charge in [0.15, 0.2) is 0 Å². The van der Waals surface area contributed by atoms with Gasteiger partial charge in [0.2, 0.25) is 5.91 Å². The maximum atomic E-state index is 13.2. The second kappa shape index (κ2) is 9.13. The quantitative estimate of drug-likeness (QED) is 0.617. The Hall–Kier alpha value is -2.55. The van der Waals surface area contributed by atoms with E-state index in [1.807, 2.05) is 24.3 Å². The van der Waals surface area contributed by atoms with Gasteiger partial charge in [-0.2, -0.15) is 0 Å². The molecular formula is C24H31N5O3. The van der Waals surface area contributed by atoms with Crippen molar-refractivity contribution in [1.29, 1.82) is 0 Å². The Morgan fingerprint density at radius 2 is 2.06 bits per heavy atom. The van der Waals surface area contributed by atoms with Gasteiger partial charge in [-0.25, -0.2) is 0 Å². The van der Waals surface area contributed by atoms with Crippen LogP contribution in [0.4, 0.5) is 0 Å². The second-order valence-corrected chi connectivity index (χ2v) is 9.15. The number of hydrogen-bond acceptors (Lipinski definition) is 6. The first kappa shape index (κ1) is 21.3. The molecule has 2 saturated heterocycles. The molecule has 1 amide bonds. The van der Waals surface area contributed by atoms with E-state index < -0.39 is 6.04 Å². The summed E-state index contributed by atoms with van der Waals surface area (Å²) < 4.78 is 1.79. The summed E-state index contributed by atoms with van der Waals surface area (Å²) in [5, 5.41) is 16.6. The summed E-state index contributed by atoms with van der Waals surface area (Å²) in [6.07, 6.45) is 7.14. The molecule has 2 aromatic heterocycles. The summed E-state index contributed by atoms with van der Waals surface area (Å²) >= 11 is 0. The Balaban J connectivity index is 1.28. The van der Waals surface area contributed by atoms with Crippen molar-refractivity contribution in [2.45, 2.75) is 37.9 Å². The van der Waals surface area contributed by atoms with Crippen molar-refractivity contribution in [1.82, 2.24) is 25.1 Å². The smallest absolute Gasteiger partial charge is 0.258 e. The van der Waals surface area contributed by atoms with E-state index in [-0.39, 0.29) is 36.0 Å². The fraction of sp³-hybridized carbons (Fsp3) is 0.542. The first-order chi connectivity index (χ1) is 15.7. The van der Waals surface area contributed by atoms with E-state index in [4.69, 9.17) is 0 Å². The van der Waals surface area contributed by atoms with Crippen molar-refractivity contribution >= 4 is 5.91 Å². The fourth-order valence-corrected chi connectivity index (χ4v) is 5.63. The van der Waals surface area contributed by atoms with Crippen LogP contribution in [0.1, 0.15) is 31.0 Å². The zero-order chi connectivity index (χ0) is 22.1. The number of amides is 1. The Morgan fingerprint density at radius 3 is 2.81 bits per heavy atom. The maximum absolute atomic E-state index is 13.2. The number of carbonyl (C=O) groups is 1. The number of nitrogens with zero attached hydrogens (tertiary/aromatic N) is 3. The third-order valence-electron chi connectivity index (χ3n) is 7.33. The molecule has 0 saturated carbocycles. The maximum Gasteiger partial charge on any atom is 0.258 e. The fourth-order valence-electron chi connectivity index (χ4n) is 5.63. The van der Waals surface area contributed by atoms with Gasteiger partial charge in [-0.1, -0.05) is 12.5 Å². The van der Waals surface area contributed by atoms with Crippen LogP contribution >= 0.6 is 0 Å². The van der Waals surface area contributed by atoms with Crippen molar-refractivity contribution in [3.8, 4) is 11.1 Å². The van der Waals surface area contributed by atoms with E-state index in [9.17, 15) is 14.7 Å². The molecule has 3 N–H and O–H groups in total. The molecule has 0 radical (unpaired) electrons. The van der Waals surface area contributed by atoms with Gasteiger partial charge in [0.1, 0.15) is 0 Å². The van der Waals surface area contributed by atoms with Crippen molar-refractivity contribution < 1.29 is 9.90 Å². The van der Waals surface area contributed by atoms with Crippen LogP contribution in [0.2, 0.25) is 0 Å². The predicted molar refractivity (Wildman–Crippen MR) is 121 cm³/mol. The third kappa shape index (κ3) is 3.87. The number of nitrogens with one attached hydrogen (secondary N) is 2. The first-order valence-electron chi connectivity index (χ1n) is 11.7. The standard InChI is InChI=1S/C24H31N5O3/c30-15-19-18-14-29-20(7-6-17(24(29)32)16-5-4-8-25-13-16)21(18)27-22(19)23(31)26-9-12-28-10-2-1-3-11-28/h4-8,13,18-19,21-22,27,30H,1-3,9-12,14-15H2,(H,26,31)/t18-,19-,21+,22-/m0/s1. The summed E-state index contributed by atoms with van der Waals surface area (Å²) in [5.41, 5.74) is 2.25. The number of likely N-dealkylation sites (tertiary alicyclic amines) is 1. The number of aromatic nitrogens is 2. The molecule has 3 aliphatic heterocycles. The molecule has 2 fully saturated rings. The zero-order valence-corrected chi connectivity index (χ0v) is 18.2. The van der Waals surface area contributed by atoms with Crippen LogP contribution in [0, 0.1) is 11.8 Å². The molecule has 0 bridgehead atoms. The van der Waals surface area contributed by atoms with Gasteiger partial charge in [-0.05, 0) is 44.1 Å². The highest BCUT2D eigenvalue weighted by atomic mass is 16.3. The van der Waals surface area contributed by atoms with Crippen LogP contribution in [0.25, 0.3) is 11.1 Å². The average Bonchev–Trinajstić information content (AvgIpc) is 3.37. The monoisotopic (exact) mass is 437 g/mol. The number of aliphatic hydroxyl groups is 1. The highest BCUT2D eigenvalue weighted by Gasteiger charge is 2.50. The van der Waals surface area contributed by atoms with Crippen LogP contribution < -0.4 is 16.2 Å². The Morgan fingerprint density at radius 1 is 1.22 bits per heavy atom. The average molecular weight is 438 g/mol. The van der Waals surface area contributed by atoms with Crippen molar-refractivity contribution in [2.24, 2.45) is 11.8 Å². The number of rotatable bonds is 6. The second-order valence-electron chi connectivity index (χ2n) is 9.15. The molecule has 0 unspecified atom stereocenters. The normalized spacial score (nSPS) is 27.2. The van der Waals surface area contributed by atoms with Crippen molar-refractivity contribution in [3.63, 3.8) is 0 Å². The van der Waals surface area contributed by atoms with Crippen molar-refractivity contribution in [3.05, 3.63) is 52.7 Å². The van der Waals surface area contributed by atoms with Crippen LogP contribution in [0.3, 0.4) is 0 Å². The van der Waals surface area contributed by atoms with Gasteiger partial charge < -0.3 is 19.9 Å². The van der Waals surface area contributed by atoms with E-state index >= 15 is 0 Å². The molecule has 0 aliphatic carbocycles. The molecule has 170 valence electrons. The zero-order valence-electron chi connectivity index (χ0n) is 18.2. The molecule has 5 rings (SSSR count). The predicted octanol–water partition coefficient (Wildman–Crippen LogP) is 0.764. The largest absolute Gasteiger partial charge is 0.396 e. The van der Waals surface area contributed by atoms with Gasteiger partial charge in [0.25, 0.3) is 5.56 Å². The minimum absolute atomic E-state index is 0.00897. The van der Waals surface area contributed by atoms with E-state index in [1.165, 1.54) is 19.3 Å². The highest BCUT2D eigenvalue weighted by Crippen LogP contribution is 2.42. The Labute approximate surface area is 187 Å². The molecular weight excluding hydrogens is 406 g/mol. The summed E-state index contributed by atoms with van der Waals surface area (Å²) in [5.74, 6) is -0.276. The lowest BCUT2D eigenvalue weighted by Crippen LogP contribution is -2.48. The number of hydrogen-bond donors (Lipinski definition) is 3. The lowest BCUT2D eigenvalue weighted by atomic mass is 9.88. The number of piperidine rings is 1. The Kier molecular flexibility index (Phi) is 6.08. The summed E-state index contributed by atoms with van der Waals surface area (Å²) in [6, 6.07) is 6.95. The van der Waals surface area contributed by atoms with Crippen LogP contribution in [-0.4, -0.2) is 64.3 Å². The molecule has 8 nitrogen and oxygen atoms in total. The number of aliphatic hydroxyl groups excluding tert-OH is 1. The van der Waals surface area contributed by atoms with Crippen LogP contribution in [0.5, 0.6) is 0 Å². The van der Waals surface area contributed by atoms with Gasteiger partial charge in [-0.3, -0.25) is 19.9 Å².